The van der Waals surface area contributed by atoms with Crippen LogP contribution in [-0.4, -0.2) is 30.6 Å². The lowest BCUT2D eigenvalue weighted by Gasteiger charge is -2.25. The summed E-state index contributed by atoms with van der Waals surface area (Å²) >= 11 is 12.3. The maximum Gasteiger partial charge on any atom is 0.267 e. The van der Waals surface area contributed by atoms with Crippen LogP contribution < -0.4 is 10.1 Å². The summed E-state index contributed by atoms with van der Waals surface area (Å²) in [6.07, 6.45) is 3.91. The Balaban J connectivity index is 1.35. The van der Waals surface area contributed by atoms with Crippen molar-refractivity contribution in [3.63, 3.8) is 0 Å². The highest BCUT2D eigenvalue weighted by molar-refractivity contribution is 6.51. The lowest BCUT2D eigenvalue weighted by atomic mass is 10.1. The number of hydrogen-bond acceptors (Lipinski definition) is 4. The third kappa shape index (κ3) is 4.77. The van der Waals surface area contributed by atoms with Gasteiger partial charge in [-0.2, -0.15) is 5.10 Å². The molecule has 0 bridgehead atoms. The van der Waals surface area contributed by atoms with Crippen LogP contribution in [0, 0.1) is 0 Å². The summed E-state index contributed by atoms with van der Waals surface area (Å²) in [5, 5.41) is 6.99. The van der Waals surface area contributed by atoms with Crippen molar-refractivity contribution in [2.45, 2.75) is 42.7 Å². The molecule has 1 aliphatic carbocycles. The van der Waals surface area contributed by atoms with Crippen LogP contribution in [0.3, 0.4) is 0 Å². The number of benzene rings is 2. The molecule has 8 heteroatoms. The van der Waals surface area contributed by atoms with Gasteiger partial charge in [0.25, 0.3) is 5.91 Å². The van der Waals surface area contributed by atoms with E-state index in [1.807, 2.05) is 48.5 Å². The van der Waals surface area contributed by atoms with Gasteiger partial charge in [0, 0.05) is 11.6 Å². The summed E-state index contributed by atoms with van der Waals surface area (Å²) in [6, 6.07) is 15.1. The molecule has 1 N–H and O–H groups in total. The smallest absolute Gasteiger partial charge is 0.267 e. The van der Waals surface area contributed by atoms with Crippen molar-refractivity contribution >= 4 is 34.8 Å². The molecular weight excluding hydrogens is 423 g/mol. The molecule has 0 saturated heterocycles. The van der Waals surface area contributed by atoms with Gasteiger partial charge < -0.3 is 10.1 Å². The van der Waals surface area contributed by atoms with E-state index in [4.69, 9.17) is 27.9 Å². The van der Waals surface area contributed by atoms with Gasteiger partial charge in [-0.3, -0.25) is 4.79 Å². The number of rotatable bonds is 7. The predicted molar refractivity (Wildman–Crippen MR) is 117 cm³/mol. The van der Waals surface area contributed by atoms with Crippen LogP contribution >= 0.6 is 23.2 Å². The molecule has 0 spiro atoms. The minimum absolute atomic E-state index is 0.152. The van der Waals surface area contributed by atoms with Crippen LogP contribution in [0.1, 0.15) is 37.3 Å². The molecule has 156 valence electrons. The van der Waals surface area contributed by atoms with Crippen molar-refractivity contribution in [3.8, 4) is 5.75 Å². The first-order valence-electron chi connectivity index (χ1n) is 9.62. The highest BCUT2D eigenvalue weighted by atomic mass is 35.5. The first kappa shape index (κ1) is 20.7. The third-order valence-electron chi connectivity index (χ3n) is 5.05. The monoisotopic (exact) mass is 444 g/mol. The minimum atomic E-state index is -1.05. The maximum atomic E-state index is 12.8. The summed E-state index contributed by atoms with van der Waals surface area (Å²) in [5.41, 5.74) is 1.77. The van der Waals surface area contributed by atoms with Crippen molar-refractivity contribution in [1.29, 1.82) is 0 Å². The molecule has 2 aromatic carbocycles. The Bertz CT molecular complexity index is 1020. The van der Waals surface area contributed by atoms with Crippen molar-refractivity contribution < 1.29 is 9.53 Å². The number of amides is 1. The normalized spacial score (nSPS) is 17.4. The minimum Gasteiger partial charge on any atom is -0.478 e. The van der Waals surface area contributed by atoms with Crippen molar-refractivity contribution in [2.75, 3.05) is 5.32 Å². The van der Waals surface area contributed by atoms with Gasteiger partial charge in [0.1, 0.15) is 22.7 Å². The van der Waals surface area contributed by atoms with Gasteiger partial charge >= 0.3 is 0 Å². The topological polar surface area (TPSA) is 69.0 Å². The fourth-order valence-electron chi connectivity index (χ4n) is 3.16. The molecule has 1 amide bonds. The van der Waals surface area contributed by atoms with Gasteiger partial charge in [-0.15, -0.1) is 23.2 Å². The first-order chi connectivity index (χ1) is 14.2. The van der Waals surface area contributed by atoms with Crippen LogP contribution in [0.15, 0.2) is 61.2 Å². The van der Waals surface area contributed by atoms with Gasteiger partial charge in [-0.05, 0) is 55.7 Å². The highest BCUT2D eigenvalue weighted by Gasteiger charge is 2.52. The lowest BCUT2D eigenvalue weighted by molar-refractivity contribution is -0.128. The average Bonchev–Trinajstić information content (AvgIpc) is 3.08. The van der Waals surface area contributed by atoms with Crippen molar-refractivity contribution in [1.82, 2.24) is 14.8 Å². The van der Waals surface area contributed by atoms with E-state index in [1.165, 1.54) is 6.33 Å². The molecule has 1 aromatic heterocycles. The van der Waals surface area contributed by atoms with Crippen LogP contribution in [-0.2, 0) is 11.3 Å². The molecule has 0 aliphatic heterocycles. The number of alkyl halides is 2. The zero-order valence-electron chi connectivity index (χ0n) is 16.7. The Labute approximate surface area is 185 Å². The second-order valence-electron chi connectivity index (χ2n) is 7.94. The summed E-state index contributed by atoms with van der Waals surface area (Å²) in [4.78, 5) is 16.7. The molecule has 0 unspecified atom stereocenters. The molecule has 0 radical (unpaired) electrons. The number of hydrogen-bond donors (Lipinski definition) is 1. The quantitative estimate of drug-likeness (QED) is 0.532. The second-order valence-corrected chi connectivity index (χ2v) is 9.49. The molecule has 1 atom stereocenters. The van der Waals surface area contributed by atoms with E-state index in [1.54, 1.807) is 24.9 Å². The highest BCUT2D eigenvalue weighted by Crippen LogP contribution is 2.59. The van der Waals surface area contributed by atoms with E-state index >= 15 is 0 Å². The predicted octanol–water partition coefficient (Wildman–Crippen LogP) is 4.78. The summed E-state index contributed by atoms with van der Waals surface area (Å²) < 4.78 is 7.02. The molecule has 1 saturated carbocycles. The van der Waals surface area contributed by atoms with Gasteiger partial charge in [-0.1, -0.05) is 24.3 Å². The Morgan fingerprint density at radius 3 is 2.43 bits per heavy atom. The number of aromatic nitrogens is 3. The Morgan fingerprint density at radius 2 is 1.87 bits per heavy atom. The maximum absolute atomic E-state index is 12.8. The van der Waals surface area contributed by atoms with E-state index in [0.717, 1.165) is 17.5 Å². The molecular formula is C22H22Cl2N4O2. The fraction of sp³-hybridized carbons (Fsp3) is 0.318. The summed E-state index contributed by atoms with van der Waals surface area (Å²) in [6.45, 7) is 4.09. The molecule has 1 heterocycles. The number of nitrogens with zero attached hydrogens (tertiary/aromatic N) is 3. The molecule has 3 aromatic rings. The van der Waals surface area contributed by atoms with Crippen LogP contribution in [0.25, 0.3) is 0 Å². The van der Waals surface area contributed by atoms with E-state index in [9.17, 15) is 4.79 Å². The molecule has 30 heavy (non-hydrogen) atoms. The van der Waals surface area contributed by atoms with E-state index in [-0.39, 0.29) is 11.8 Å². The molecule has 1 aliphatic rings. The Hall–Kier alpha value is -2.57. The Kier molecular flexibility index (Phi) is 5.47. The first-order valence-corrected chi connectivity index (χ1v) is 10.4. The van der Waals surface area contributed by atoms with E-state index in [2.05, 4.69) is 15.4 Å². The number of carbonyl (C=O) groups excluding carboxylic acids is 1. The lowest BCUT2D eigenvalue weighted by Crippen LogP contribution is -2.42. The SMILES string of the molecule is CC(C)(Oc1ccc([C@@H]2CC2(Cl)Cl)cc1)C(=O)Nc1ccc(Cn2cncn2)cc1. The number of halogens is 2. The number of nitrogens with one attached hydrogen (secondary N) is 1. The zero-order valence-corrected chi connectivity index (χ0v) is 18.2. The number of ether oxygens (including phenoxy) is 1. The van der Waals surface area contributed by atoms with Gasteiger partial charge in [0.2, 0.25) is 0 Å². The number of anilines is 1. The van der Waals surface area contributed by atoms with Gasteiger partial charge in [-0.25, -0.2) is 9.67 Å². The fourth-order valence-corrected chi connectivity index (χ4v) is 3.72. The second kappa shape index (κ2) is 7.93. The number of carbonyl (C=O) groups is 1. The Morgan fingerprint density at radius 1 is 1.20 bits per heavy atom. The van der Waals surface area contributed by atoms with Gasteiger partial charge in [0.15, 0.2) is 5.60 Å². The average molecular weight is 445 g/mol. The standard InChI is InChI=1S/C22H22Cl2N4O2/c1-21(2,30-18-9-5-16(6-10-18)19-11-22(19,23)24)20(29)27-17-7-3-15(4-8-17)12-28-14-25-13-26-28/h3-10,13-14,19H,11-12H2,1-2H3,(H,27,29)/t19-/m0/s1. The molecule has 6 nitrogen and oxygen atoms in total. The third-order valence-corrected chi connectivity index (χ3v) is 5.89. The molecule has 1 fully saturated rings. The van der Waals surface area contributed by atoms with Crippen LogP contribution in [0.2, 0.25) is 0 Å². The van der Waals surface area contributed by atoms with E-state index in [0.29, 0.717) is 18.0 Å². The van der Waals surface area contributed by atoms with Gasteiger partial charge in [0.05, 0.1) is 6.54 Å². The zero-order chi connectivity index (χ0) is 21.4. The summed E-state index contributed by atoms with van der Waals surface area (Å²) in [7, 11) is 0. The van der Waals surface area contributed by atoms with E-state index < -0.39 is 9.93 Å². The largest absolute Gasteiger partial charge is 0.478 e. The summed E-state index contributed by atoms with van der Waals surface area (Å²) in [5.74, 6) is 0.523. The van der Waals surface area contributed by atoms with Crippen molar-refractivity contribution in [3.05, 3.63) is 72.3 Å². The molecule has 4 rings (SSSR count). The van der Waals surface area contributed by atoms with Crippen LogP contribution in [0.5, 0.6) is 5.75 Å². The van der Waals surface area contributed by atoms with Crippen LogP contribution in [0.4, 0.5) is 5.69 Å². The van der Waals surface area contributed by atoms with Crippen molar-refractivity contribution in [2.24, 2.45) is 0 Å².